The maximum atomic E-state index is 12.2. The van der Waals surface area contributed by atoms with Crippen LogP contribution in [0.1, 0.15) is 113 Å². The normalized spacial score (nSPS) is 56.4. The molecule has 2 aliphatic heterocycles. The van der Waals surface area contributed by atoms with Gasteiger partial charge in [-0.2, -0.15) is 0 Å². The van der Waals surface area contributed by atoms with Crippen molar-refractivity contribution in [3.63, 3.8) is 0 Å². The molecule has 2 saturated heterocycles. The summed E-state index contributed by atoms with van der Waals surface area (Å²) in [4.78, 5) is 0. The molecule has 0 unspecified atom stereocenters. The molecule has 9 nitrogen and oxygen atoms in total. The molecule has 0 bridgehead atoms. The van der Waals surface area contributed by atoms with Crippen LogP contribution in [0.15, 0.2) is 0 Å². The molecule has 4 aliphatic carbocycles. The number of rotatable bonds is 5. The molecule has 6 rings (SSSR count). The Bertz CT molecular complexity index is 1110. The van der Waals surface area contributed by atoms with Crippen molar-refractivity contribution in [2.45, 2.75) is 173 Å². The second-order valence-electron chi connectivity index (χ2n) is 18.2. The Kier molecular flexibility index (Phi) is 8.49. The van der Waals surface area contributed by atoms with Gasteiger partial charge in [0, 0.05) is 0 Å². The molecule has 6 N–H and O–H groups in total. The van der Waals surface area contributed by atoms with Gasteiger partial charge in [0.2, 0.25) is 0 Å². The summed E-state index contributed by atoms with van der Waals surface area (Å²) in [6.07, 6.45) is 0.893. The number of aliphatic hydroxyl groups is 6. The SMILES string of the molecule is CC(C)(O[C@@H]1O[C@H](CO)[C@@H](O)[C@H](O)[C@H]1O)[C@H]1CC[C@@](C)([C@H]2CC[C@]3(C)[C@@H]2[C@H](O)C[C@@H]2[C@@]4(C)CC[C@@H](O)C(C)(C)[C@@H]4CC[C@]23C)O1. The molecule has 0 amide bonds. The third-order valence-corrected chi connectivity index (χ3v) is 15.5. The van der Waals surface area contributed by atoms with E-state index in [9.17, 15) is 30.6 Å². The molecular formula is C36H62O9. The lowest BCUT2D eigenvalue weighted by atomic mass is 9.35. The fourth-order valence-electron chi connectivity index (χ4n) is 12.6. The van der Waals surface area contributed by atoms with Crippen LogP contribution in [0.2, 0.25) is 0 Å². The van der Waals surface area contributed by atoms with Crippen molar-refractivity contribution in [1.29, 1.82) is 0 Å². The van der Waals surface area contributed by atoms with Crippen LogP contribution in [0.25, 0.3) is 0 Å². The average Bonchev–Trinajstić information content (AvgIpc) is 3.56. The van der Waals surface area contributed by atoms with Crippen LogP contribution in [0.5, 0.6) is 0 Å². The summed E-state index contributed by atoms with van der Waals surface area (Å²) in [5.74, 6) is 1.16. The maximum absolute atomic E-state index is 12.2. The van der Waals surface area contributed by atoms with E-state index < -0.39 is 54.6 Å². The third-order valence-electron chi connectivity index (χ3n) is 15.5. The minimum absolute atomic E-state index is 0.0268. The molecule has 16 atom stereocenters. The average molecular weight is 639 g/mol. The molecule has 45 heavy (non-hydrogen) atoms. The summed E-state index contributed by atoms with van der Waals surface area (Å²) < 4.78 is 18.9. The van der Waals surface area contributed by atoms with Crippen molar-refractivity contribution in [3.05, 3.63) is 0 Å². The summed E-state index contributed by atoms with van der Waals surface area (Å²) in [7, 11) is 0. The summed E-state index contributed by atoms with van der Waals surface area (Å²) in [5.41, 5.74) is -1.31. The Morgan fingerprint density at radius 1 is 0.756 bits per heavy atom. The quantitative estimate of drug-likeness (QED) is 0.266. The summed E-state index contributed by atoms with van der Waals surface area (Å²) >= 11 is 0. The van der Waals surface area contributed by atoms with Gasteiger partial charge in [0.15, 0.2) is 6.29 Å². The topological polar surface area (TPSA) is 149 Å². The fraction of sp³-hybridized carbons (Fsp3) is 1.00. The van der Waals surface area contributed by atoms with Gasteiger partial charge in [-0.25, -0.2) is 0 Å². The molecule has 0 aromatic heterocycles. The van der Waals surface area contributed by atoms with Gasteiger partial charge in [0.25, 0.3) is 0 Å². The van der Waals surface area contributed by atoms with Gasteiger partial charge >= 0.3 is 0 Å². The molecule has 0 spiro atoms. The van der Waals surface area contributed by atoms with Crippen LogP contribution in [-0.2, 0) is 14.2 Å². The highest BCUT2D eigenvalue weighted by atomic mass is 16.7. The fourth-order valence-corrected chi connectivity index (χ4v) is 12.6. The Labute approximate surface area is 270 Å². The van der Waals surface area contributed by atoms with Crippen molar-refractivity contribution in [3.8, 4) is 0 Å². The standard InChI is InChI=1S/C36H62O9/c1-31(2)22-10-15-34(6)23(33(22,5)13-11-24(31)39)17-20(38)26-19(9-14-35(26,34)7)36(8)16-12-25(44-36)32(3,4)45-30-29(42)28(41)27(40)21(18-37)43-30/h19-30,37-42H,9-18H2,1-8H3/t19-,20+,21+,22-,23+,24+,25+,26-,27+,28-,29+,30-,33-,34+,35+,36-/m0/s1. The van der Waals surface area contributed by atoms with Gasteiger partial charge in [-0.05, 0) is 124 Å². The zero-order chi connectivity index (χ0) is 33.1. The van der Waals surface area contributed by atoms with E-state index in [4.69, 9.17) is 14.2 Å². The van der Waals surface area contributed by atoms with Crippen LogP contribution < -0.4 is 0 Å². The van der Waals surface area contributed by atoms with Gasteiger partial charge in [0.1, 0.15) is 24.4 Å². The smallest absolute Gasteiger partial charge is 0.187 e. The lowest BCUT2D eigenvalue weighted by Gasteiger charge is -2.70. The predicted octanol–water partition coefficient (Wildman–Crippen LogP) is 3.54. The first-order valence-corrected chi connectivity index (χ1v) is 17.8. The first-order valence-electron chi connectivity index (χ1n) is 17.8. The zero-order valence-corrected chi connectivity index (χ0v) is 28.9. The van der Waals surface area contributed by atoms with Crippen LogP contribution in [0.4, 0.5) is 0 Å². The van der Waals surface area contributed by atoms with Gasteiger partial charge in [-0.1, -0.05) is 34.6 Å². The van der Waals surface area contributed by atoms with Gasteiger partial charge in [-0.15, -0.1) is 0 Å². The van der Waals surface area contributed by atoms with Crippen LogP contribution in [0, 0.1) is 45.3 Å². The van der Waals surface area contributed by atoms with Gasteiger partial charge < -0.3 is 44.8 Å². The molecule has 0 aromatic carbocycles. The molecule has 0 radical (unpaired) electrons. The minimum Gasteiger partial charge on any atom is -0.394 e. The second kappa shape index (κ2) is 11.1. The maximum Gasteiger partial charge on any atom is 0.187 e. The highest BCUT2D eigenvalue weighted by molar-refractivity contribution is 5.20. The van der Waals surface area contributed by atoms with E-state index in [2.05, 4.69) is 41.5 Å². The van der Waals surface area contributed by atoms with Crippen LogP contribution in [-0.4, -0.2) is 97.5 Å². The van der Waals surface area contributed by atoms with Crippen molar-refractivity contribution in [2.24, 2.45) is 45.3 Å². The molecule has 9 heteroatoms. The summed E-state index contributed by atoms with van der Waals surface area (Å²) in [6.45, 7) is 17.5. The van der Waals surface area contributed by atoms with E-state index in [0.717, 1.165) is 57.8 Å². The first-order chi connectivity index (χ1) is 20.8. The number of fused-ring (bicyclic) bond motifs is 5. The van der Waals surface area contributed by atoms with E-state index >= 15 is 0 Å². The van der Waals surface area contributed by atoms with E-state index in [0.29, 0.717) is 11.8 Å². The van der Waals surface area contributed by atoms with E-state index in [1.807, 2.05) is 13.8 Å². The van der Waals surface area contributed by atoms with Gasteiger partial charge in [-0.3, -0.25) is 0 Å². The lowest BCUT2D eigenvalue weighted by Crippen LogP contribution is -2.66. The van der Waals surface area contributed by atoms with Crippen molar-refractivity contribution in [2.75, 3.05) is 6.61 Å². The molecule has 4 saturated carbocycles. The van der Waals surface area contributed by atoms with Crippen LogP contribution >= 0.6 is 0 Å². The molecule has 260 valence electrons. The monoisotopic (exact) mass is 638 g/mol. The number of hydrogen-bond donors (Lipinski definition) is 6. The zero-order valence-electron chi connectivity index (χ0n) is 28.9. The summed E-state index contributed by atoms with van der Waals surface area (Å²) in [6, 6.07) is 0. The minimum atomic E-state index is -1.50. The highest BCUT2D eigenvalue weighted by Gasteiger charge is 2.72. The summed E-state index contributed by atoms with van der Waals surface area (Å²) in [5, 5.41) is 63.9. The number of ether oxygens (including phenoxy) is 3. The van der Waals surface area contributed by atoms with Crippen molar-refractivity contribution < 1.29 is 44.8 Å². The first kappa shape index (κ1) is 34.5. The molecule has 6 aliphatic rings. The number of hydrogen-bond acceptors (Lipinski definition) is 9. The third kappa shape index (κ3) is 4.87. The van der Waals surface area contributed by atoms with E-state index in [1.54, 1.807) is 0 Å². The number of aliphatic hydroxyl groups excluding tert-OH is 6. The molecule has 0 aromatic rings. The lowest BCUT2D eigenvalue weighted by molar-refractivity contribution is -0.334. The Balaban J connectivity index is 1.21. The second-order valence-corrected chi connectivity index (χ2v) is 18.2. The molecular weight excluding hydrogens is 576 g/mol. The Hall–Kier alpha value is -0.360. The van der Waals surface area contributed by atoms with Crippen molar-refractivity contribution in [1.82, 2.24) is 0 Å². The largest absolute Gasteiger partial charge is 0.394 e. The highest BCUT2D eigenvalue weighted by Crippen LogP contribution is 2.76. The van der Waals surface area contributed by atoms with Gasteiger partial charge in [0.05, 0.1) is 36.1 Å². The Morgan fingerprint density at radius 2 is 1.42 bits per heavy atom. The van der Waals surface area contributed by atoms with Crippen LogP contribution in [0.3, 0.4) is 0 Å². The van der Waals surface area contributed by atoms with E-state index in [-0.39, 0.29) is 45.7 Å². The Morgan fingerprint density at radius 3 is 2.09 bits per heavy atom. The molecule has 6 fully saturated rings. The van der Waals surface area contributed by atoms with Crippen molar-refractivity contribution >= 4 is 0 Å². The predicted molar refractivity (Wildman–Crippen MR) is 168 cm³/mol. The molecule has 2 heterocycles. The van der Waals surface area contributed by atoms with E-state index in [1.165, 1.54) is 0 Å².